The van der Waals surface area contributed by atoms with E-state index < -0.39 is 0 Å². The fraction of sp³-hybridized carbons (Fsp3) is 0.444. The van der Waals surface area contributed by atoms with Crippen LogP contribution in [-0.2, 0) is 11.3 Å². The first-order chi connectivity index (χ1) is 10.7. The second-order valence-electron chi connectivity index (χ2n) is 5.62. The van der Waals surface area contributed by atoms with Crippen LogP contribution < -0.4 is 0 Å². The first-order valence-electron chi connectivity index (χ1n) is 7.60. The number of carbonyl (C=O) groups excluding carboxylic acids is 1. The van der Waals surface area contributed by atoms with Gasteiger partial charge in [-0.3, -0.25) is 9.69 Å². The van der Waals surface area contributed by atoms with Crippen LogP contribution in [0.3, 0.4) is 0 Å². The molecule has 0 N–H and O–H groups in total. The van der Waals surface area contributed by atoms with Gasteiger partial charge in [0.15, 0.2) is 0 Å². The van der Waals surface area contributed by atoms with Crippen molar-refractivity contribution >= 4 is 5.91 Å². The zero-order chi connectivity index (χ0) is 15.8. The predicted octanol–water partition coefficient (Wildman–Crippen LogP) is 1.88. The van der Waals surface area contributed by atoms with E-state index in [9.17, 15) is 4.79 Å². The zero-order valence-electron chi connectivity index (χ0n) is 12.7. The third kappa shape index (κ3) is 4.35. The molecule has 1 saturated heterocycles. The highest BCUT2D eigenvalue weighted by atomic mass is 16.2. The van der Waals surface area contributed by atoms with Gasteiger partial charge in [-0.25, -0.2) is 0 Å². The molecule has 1 heterocycles. The molecule has 1 aliphatic heterocycles. The number of piperidine rings is 1. The fourth-order valence-electron chi connectivity index (χ4n) is 2.91. The second-order valence-corrected chi connectivity index (χ2v) is 5.62. The standard InChI is InChI=1S/C18H21N3O/c1-2-11-21(13-10-19)18(22)17-9-6-12-20(15-17)14-16-7-4-3-5-8-16/h1,3-5,7-8,17H,6,9,11-15H2/t17-/m1/s1. The highest BCUT2D eigenvalue weighted by Crippen LogP contribution is 2.20. The minimum atomic E-state index is -0.0563. The van der Waals surface area contributed by atoms with Crippen molar-refractivity contribution in [2.75, 3.05) is 26.2 Å². The molecule has 0 spiro atoms. The van der Waals surface area contributed by atoms with Gasteiger partial charge in [0.25, 0.3) is 0 Å². The van der Waals surface area contributed by atoms with Gasteiger partial charge in [-0.15, -0.1) is 6.42 Å². The largest absolute Gasteiger partial charge is 0.318 e. The Morgan fingerprint density at radius 3 is 2.82 bits per heavy atom. The van der Waals surface area contributed by atoms with Crippen LogP contribution in [0.5, 0.6) is 0 Å². The van der Waals surface area contributed by atoms with Crippen LogP contribution in [0.1, 0.15) is 18.4 Å². The molecule has 4 heteroatoms. The quantitative estimate of drug-likeness (QED) is 0.615. The highest BCUT2D eigenvalue weighted by molar-refractivity contribution is 5.79. The first kappa shape index (κ1) is 16.1. The molecule has 0 unspecified atom stereocenters. The monoisotopic (exact) mass is 295 g/mol. The van der Waals surface area contributed by atoms with Gasteiger partial charge >= 0.3 is 0 Å². The minimum absolute atomic E-state index is 0.0114. The summed E-state index contributed by atoms with van der Waals surface area (Å²) in [5.74, 6) is 2.42. The molecule has 0 saturated carbocycles. The minimum Gasteiger partial charge on any atom is -0.318 e. The lowest BCUT2D eigenvalue weighted by Gasteiger charge is -2.34. The molecule has 1 fully saturated rings. The van der Waals surface area contributed by atoms with Crippen molar-refractivity contribution in [1.82, 2.24) is 9.80 Å². The summed E-state index contributed by atoms with van der Waals surface area (Å²) in [7, 11) is 0. The van der Waals surface area contributed by atoms with Crippen LogP contribution in [0.25, 0.3) is 0 Å². The van der Waals surface area contributed by atoms with Gasteiger partial charge in [0, 0.05) is 13.1 Å². The van der Waals surface area contributed by atoms with E-state index in [4.69, 9.17) is 11.7 Å². The number of terminal acetylenes is 1. The summed E-state index contributed by atoms with van der Waals surface area (Å²) < 4.78 is 0. The Kier molecular flexibility index (Phi) is 6.01. The van der Waals surface area contributed by atoms with Crippen LogP contribution in [0.4, 0.5) is 0 Å². The molecule has 1 aromatic rings. The van der Waals surface area contributed by atoms with Gasteiger partial charge in [0.05, 0.1) is 18.5 Å². The van der Waals surface area contributed by atoms with E-state index >= 15 is 0 Å². The van der Waals surface area contributed by atoms with Crippen molar-refractivity contribution in [1.29, 1.82) is 5.26 Å². The van der Waals surface area contributed by atoms with Crippen LogP contribution in [0.15, 0.2) is 30.3 Å². The number of benzene rings is 1. The van der Waals surface area contributed by atoms with E-state index in [-0.39, 0.29) is 24.9 Å². The Morgan fingerprint density at radius 1 is 1.36 bits per heavy atom. The average molecular weight is 295 g/mol. The van der Waals surface area contributed by atoms with Crippen LogP contribution in [-0.4, -0.2) is 41.9 Å². The van der Waals surface area contributed by atoms with Gasteiger partial charge in [0.2, 0.25) is 5.91 Å². The number of likely N-dealkylation sites (tertiary alicyclic amines) is 1. The molecule has 1 atom stereocenters. The van der Waals surface area contributed by atoms with Crippen LogP contribution in [0, 0.1) is 29.6 Å². The Balaban J connectivity index is 1.96. The van der Waals surface area contributed by atoms with Crippen molar-refractivity contribution in [2.45, 2.75) is 19.4 Å². The van der Waals surface area contributed by atoms with Gasteiger partial charge in [-0.05, 0) is 24.9 Å². The number of nitriles is 1. The number of nitrogens with zero attached hydrogens (tertiary/aromatic N) is 3. The number of carbonyl (C=O) groups is 1. The molecule has 1 aromatic carbocycles. The van der Waals surface area contributed by atoms with Crippen molar-refractivity contribution in [3.8, 4) is 18.4 Å². The summed E-state index contributed by atoms with van der Waals surface area (Å²) in [5.41, 5.74) is 1.26. The third-order valence-electron chi connectivity index (χ3n) is 3.96. The highest BCUT2D eigenvalue weighted by Gasteiger charge is 2.28. The Bertz CT molecular complexity index is 554. The molecule has 22 heavy (non-hydrogen) atoms. The normalized spacial score (nSPS) is 18.2. The maximum Gasteiger partial charge on any atom is 0.228 e. The van der Waals surface area contributed by atoms with Gasteiger partial charge in [-0.2, -0.15) is 5.26 Å². The molecule has 1 aliphatic rings. The van der Waals surface area contributed by atoms with Gasteiger partial charge in [-0.1, -0.05) is 36.3 Å². The average Bonchev–Trinajstić information content (AvgIpc) is 2.55. The third-order valence-corrected chi connectivity index (χ3v) is 3.96. The number of rotatable bonds is 5. The van der Waals surface area contributed by atoms with Gasteiger partial charge in [0.1, 0.15) is 6.54 Å². The lowest BCUT2D eigenvalue weighted by molar-refractivity contribution is -0.136. The maximum absolute atomic E-state index is 12.5. The Labute approximate surface area is 132 Å². The molecule has 2 rings (SSSR count). The van der Waals surface area contributed by atoms with Crippen molar-refractivity contribution < 1.29 is 4.79 Å². The molecule has 0 radical (unpaired) electrons. The molecule has 0 aliphatic carbocycles. The van der Waals surface area contributed by atoms with E-state index in [0.29, 0.717) is 0 Å². The van der Waals surface area contributed by atoms with E-state index in [1.807, 2.05) is 24.3 Å². The van der Waals surface area contributed by atoms with Crippen molar-refractivity contribution in [2.24, 2.45) is 5.92 Å². The second kappa shape index (κ2) is 8.22. The van der Waals surface area contributed by atoms with Crippen LogP contribution >= 0.6 is 0 Å². The Morgan fingerprint density at radius 2 is 2.14 bits per heavy atom. The van der Waals surface area contributed by atoms with Crippen molar-refractivity contribution in [3.63, 3.8) is 0 Å². The summed E-state index contributed by atoms with van der Waals surface area (Å²) in [6, 6.07) is 12.3. The first-order valence-corrected chi connectivity index (χ1v) is 7.60. The maximum atomic E-state index is 12.5. The number of hydrogen-bond donors (Lipinski definition) is 0. The summed E-state index contributed by atoms with van der Waals surface area (Å²) >= 11 is 0. The zero-order valence-corrected chi connectivity index (χ0v) is 12.7. The molecule has 4 nitrogen and oxygen atoms in total. The predicted molar refractivity (Wildman–Crippen MR) is 85.5 cm³/mol. The summed E-state index contributed by atoms with van der Waals surface area (Å²) in [6.07, 6.45) is 7.16. The van der Waals surface area contributed by atoms with E-state index in [1.165, 1.54) is 10.5 Å². The van der Waals surface area contributed by atoms with Crippen LogP contribution in [0.2, 0.25) is 0 Å². The molecular formula is C18H21N3O. The topological polar surface area (TPSA) is 47.3 Å². The molecule has 0 bridgehead atoms. The SMILES string of the molecule is C#CCN(CC#N)C(=O)[C@@H]1CCCN(Cc2ccccc2)C1. The molecular weight excluding hydrogens is 274 g/mol. The smallest absolute Gasteiger partial charge is 0.228 e. The molecule has 0 aromatic heterocycles. The summed E-state index contributed by atoms with van der Waals surface area (Å²) in [6.45, 7) is 2.88. The van der Waals surface area contributed by atoms with Crippen molar-refractivity contribution in [3.05, 3.63) is 35.9 Å². The van der Waals surface area contributed by atoms with Gasteiger partial charge < -0.3 is 4.90 Å². The lowest BCUT2D eigenvalue weighted by atomic mass is 9.96. The fourth-order valence-corrected chi connectivity index (χ4v) is 2.91. The lowest BCUT2D eigenvalue weighted by Crippen LogP contribution is -2.44. The summed E-state index contributed by atoms with van der Waals surface area (Å²) in [5, 5.41) is 8.83. The van der Waals surface area contributed by atoms with E-state index in [1.54, 1.807) is 0 Å². The number of amides is 1. The Hall–Kier alpha value is -2.30. The molecule has 114 valence electrons. The molecule has 1 amide bonds. The number of hydrogen-bond acceptors (Lipinski definition) is 3. The summed E-state index contributed by atoms with van der Waals surface area (Å²) in [4.78, 5) is 16.3. The van der Waals surface area contributed by atoms with E-state index in [2.05, 4.69) is 23.0 Å². The van der Waals surface area contributed by atoms with E-state index in [0.717, 1.165) is 32.5 Å².